The monoisotopic (exact) mass is 330 g/mol. The summed E-state index contributed by atoms with van der Waals surface area (Å²) in [5, 5.41) is 0. The highest BCUT2D eigenvalue weighted by atomic mass is 32.2. The van der Waals surface area contributed by atoms with Crippen LogP contribution in [-0.4, -0.2) is 32.2 Å². The molecule has 0 aliphatic carbocycles. The van der Waals surface area contributed by atoms with Crippen molar-refractivity contribution in [2.75, 3.05) is 7.05 Å². The molecular weight excluding hydrogens is 316 g/mol. The minimum atomic E-state index is -3.77. The predicted molar refractivity (Wildman–Crippen MR) is 83.3 cm³/mol. The number of imide groups is 1. The van der Waals surface area contributed by atoms with E-state index in [4.69, 9.17) is 0 Å². The van der Waals surface area contributed by atoms with Gasteiger partial charge in [0.1, 0.15) is 0 Å². The van der Waals surface area contributed by atoms with Crippen LogP contribution in [0.3, 0.4) is 0 Å². The third kappa shape index (κ3) is 2.76. The van der Waals surface area contributed by atoms with E-state index < -0.39 is 21.8 Å². The van der Waals surface area contributed by atoms with Crippen LogP contribution < -0.4 is 4.72 Å². The summed E-state index contributed by atoms with van der Waals surface area (Å²) in [5.74, 6) is -0.920. The Morgan fingerprint density at radius 1 is 0.957 bits per heavy atom. The Hall–Kier alpha value is -2.51. The number of amides is 2. The van der Waals surface area contributed by atoms with Gasteiger partial charge in [0.05, 0.1) is 16.0 Å². The first kappa shape index (κ1) is 15.4. The second-order valence-electron chi connectivity index (χ2n) is 5.19. The van der Waals surface area contributed by atoms with Gasteiger partial charge in [-0.1, -0.05) is 30.3 Å². The number of carbonyl (C=O) groups is 2. The van der Waals surface area contributed by atoms with Gasteiger partial charge < -0.3 is 0 Å². The van der Waals surface area contributed by atoms with Crippen LogP contribution in [0.25, 0.3) is 0 Å². The van der Waals surface area contributed by atoms with Crippen LogP contribution in [0.2, 0.25) is 0 Å². The number of hydrogen-bond acceptors (Lipinski definition) is 4. The molecule has 0 aromatic heterocycles. The van der Waals surface area contributed by atoms with Gasteiger partial charge in [0.25, 0.3) is 11.8 Å². The second kappa shape index (κ2) is 5.60. The highest BCUT2D eigenvalue weighted by Crippen LogP contribution is 2.24. The second-order valence-corrected chi connectivity index (χ2v) is 6.95. The number of benzene rings is 2. The largest absolute Gasteiger partial charge is 0.277 e. The van der Waals surface area contributed by atoms with E-state index in [1.807, 2.05) is 30.3 Å². The molecule has 0 saturated heterocycles. The maximum absolute atomic E-state index is 12.4. The van der Waals surface area contributed by atoms with Crippen LogP contribution in [0.5, 0.6) is 0 Å². The topological polar surface area (TPSA) is 83.6 Å². The highest BCUT2D eigenvalue weighted by molar-refractivity contribution is 7.89. The summed E-state index contributed by atoms with van der Waals surface area (Å²) in [7, 11) is -2.40. The summed E-state index contributed by atoms with van der Waals surface area (Å²) in [6.07, 6.45) is 0. The molecule has 7 heteroatoms. The van der Waals surface area contributed by atoms with Gasteiger partial charge in [-0.3, -0.25) is 14.5 Å². The standard InChI is InChI=1S/C16H14N2O4S/c1-18-15(19)13-8-7-12(9-14(13)16(18)20)23(21,22)17-10-11-5-3-2-4-6-11/h2-9,17H,10H2,1H3. The number of fused-ring (bicyclic) bond motifs is 1. The first-order chi connectivity index (χ1) is 10.9. The molecule has 0 fully saturated rings. The van der Waals surface area contributed by atoms with Gasteiger partial charge in [0.15, 0.2) is 0 Å². The Morgan fingerprint density at radius 3 is 2.30 bits per heavy atom. The molecule has 0 atom stereocenters. The fraction of sp³-hybridized carbons (Fsp3) is 0.125. The normalized spacial score (nSPS) is 14.2. The van der Waals surface area contributed by atoms with Crippen molar-refractivity contribution >= 4 is 21.8 Å². The quantitative estimate of drug-likeness (QED) is 0.859. The Kier molecular flexibility index (Phi) is 3.75. The lowest BCUT2D eigenvalue weighted by molar-refractivity contribution is 0.0693. The first-order valence-electron chi connectivity index (χ1n) is 6.90. The summed E-state index contributed by atoms with van der Waals surface area (Å²) in [5.41, 5.74) is 1.16. The molecule has 0 unspecified atom stereocenters. The summed E-state index contributed by atoms with van der Waals surface area (Å²) in [4.78, 5) is 24.7. The lowest BCUT2D eigenvalue weighted by atomic mass is 10.1. The summed E-state index contributed by atoms with van der Waals surface area (Å²) in [6, 6.07) is 13.0. The van der Waals surface area contributed by atoms with Crippen LogP contribution in [-0.2, 0) is 16.6 Å². The van der Waals surface area contributed by atoms with Gasteiger partial charge in [-0.2, -0.15) is 0 Å². The Morgan fingerprint density at radius 2 is 1.61 bits per heavy atom. The van der Waals surface area contributed by atoms with E-state index in [2.05, 4.69) is 4.72 Å². The van der Waals surface area contributed by atoms with Gasteiger partial charge >= 0.3 is 0 Å². The van der Waals surface area contributed by atoms with E-state index in [9.17, 15) is 18.0 Å². The van der Waals surface area contributed by atoms with Crippen molar-refractivity contribution in [1.29, 1.82) is 0 Å². The average molecular weight is 330 g/mol. The molecule has 3 rings (SSSR count). The average Bonchev–Trinajstić information content (AvgIpc) is 2.78. The van der Waals surface area contributed by atoms with Crippen LogP contribution in [0, 0.1) is 0 Å². The highest BCUT2D eigenvalue weighted by Gasteiger charge is 2.33. The maximum atomic E-state index is 12.4. The van der Waals surface area contributed by atoms with Crippen molar-refractivity contribution in [2.45, 2.75) is 11.4 Å². The zero-order chi connectivity index (χ0) is 16.6. The molecule has 2 aromatic rings. The van der Waals surface area contributed by atoms with E-state index in [-0.39, 0.29) is 22.6 Å². The van der Waals surface area contributed by atoms with E-state index in [0.717, 1.165) is 10.5 Å². The molecule has 1 aliphatic rings. The predicted octanol–water partition coefficient (Wildman–Crippen LogP) is 1.39. The van der Waals surface area contributed by atoms with E-state index in [1.54, 1.807) is 0 Å². The molecule has 0 saturated carbocycles. The molecule has 2 amide bonds. The number of sulfonamides is 1. The SMILES string of the molecule is CN1C(=O)c2ccc(S(=O)(=O)NCc3ccccc3)cc2C1=O. The van der Waals surface area contributed by atoms with Crippen LogP contribution in [0.15, 0.2) is 53.4 Å². The van der Waals surface area contributed by atoms with Crippen LogP contribution >= 0.6 is 0 Å². The van der Waals surface area contributed by atoms with E-state index in [1.165, 1.54) is 25.2 Å². The minimum Gasteiger partial charge on any atom is -0.277 e. The third-order valence-corrected chi connectivity index (χ3v) is 5.08. The number of nitrogens with zero attached hydrogens (tertiary/aromatic N) is 1. The summed E-state index contributed by atoms with van der Waals surface area (Å²) in [6.45, 7) is 0.146. The molecule has 0 radical (unpaired) electrons. The Labute approximate surface area is 133 Å². The zero-order valence-electron chi connectivity index (χ0n) is 12.3. The minimum absolute atomic E-state index is 0.0383. The number of hydrogen-bond donors (Lipinski definition) is 1. The van der Waals surface area contributed by atoms with Gasteiger partial charge in [-0.05, 0) is 23.8 Å². The molecule has 118 valence electrons. The molecule has 1 N–H and O–H groups in total. The molecule has 0 spiro atoms. The third-order valence-electron chi connectivity index (χ3n) is 3.68. The molecule has 6 nitrogen and oxygen atoms in total. The van der Waals surface area contributed by atoms with Crippen molar-refractivity contribution in [1.82, 2.24) is 9.62 Å². The van der Waals surface area contributed by atoms with Gasteiger partial charge in [0, 0.05) is 13.6 Å². The molecule has 2 aromatic carbocycles. The summed E-state index contributed by atoms with van der Waals surface area (Å²) >= 11 is 0. The fourth-order valence-electron chi connectivity index (χ4n) is 2.37. The fourth-order valence-corrected chi connectivity index (χ4v) is 3.41. The van der Waals surface area contributed by atoms with Gasteiger partial charge in [-0.25, -0.2) is 13.1 Å². The smallest absolute Gasteiger partial charge is 0.261 e. The van der Waals surface area contributed by atoms with Gasteiger partial charge in [-0.15, -0.1) is 0 Å². The van der Waals surface area contributed by atoms with Crippen molar-refractivity contribution in [3.05, 3.63) is 65.2 Å². The summed E-state index contributed by atoms with van der Waals surface area (Å²) < 4.78 is 27.2. The van der Waals surface area contributed by atoms with Crippen molar-refractivity contribution in [3.8, 4) is 0 Å². The van der Waals surface area contributed by atoms with Crippen LogP contribution in [0.4, 0.5) is 0 Å². The van der Waals surface area contributed by atoms with Crippen molar-refractivity contribution in [2.24, 2.45) is 0 Å². The molecule has 0 bridgehead atoms. The zero-order valence-corrected chi connectivity index (χ0v) is 13.1. The van der Waals surface area contributed by atoms with Crippen molar-refractivity contribution in [3.63, 3.8) is 0 Å². The molecule has 23 heavy (non-hydrogen) atoms. The van der Waals surface area contributed by atoms with Gasteiger partial charge in [0.2, 0.25) is 10.0 Å². The Bertz CT molecular complexity index is 892. The molecule has 1 aliphatic heterocycles. The number of rotatable bonds is 4. The number of carbonyl (C=O) groups excluding carboxylic acids is 2. The first-order valence-corrected chi connectivity index (χ1v) is 8.38. The molecule has 1 heterocycles. The number of nitrogens with one attached hydrogen (secondary N) is 1. The van der Waals surface area contributed by atoms with Crippen LogP contribution in [0.1, 0.15) is 26.3 Å². The van der Waals surface area contributed by atoms with E-state index in [0.29, 0.717) is 0 Å². The van der Waals surface area contributed by atoms with E-state index >= 15 is 0 Å². The lowest BCUT2D eigenvalue weighted by Crippen LogP contribution is -2.24. The Balaban J connectivity index is 1.87. The molecular formula is C16H14N2O4S. The maximum Gasteiger partial charge on any atom is 0.261 e. The lowest BCUT2D eigenvalue weighted by Gasteiger charge is -2.07. The van der Waals surface area contributed by atoms with Crippen molar-refractivity contribution < 1.29 is 18.0 Å².